The molecule has 0 aliphatic carbocycles. The molecule has 0 aliphatic rings. The third-order valence-electron chi connectivity index (χ3n) is 4.71. The van der Waals surface area contributed by atoms with Crippen molar-refractivity contribution in [2.45, 2.75) is 13.0 Å². The van der Waals surface area contributed by atoms with Gasteiger partial charge >= 0.3 is 0 Å². The number of likely N-dealkylation sites (N-methyl/N-ethyl adjacent to an activating group) is 1. The van der Waals surface area contributed by atoms with Crippen molar-refractivity contribution in [1.82, 2.24) is 15.0 Å². The maximum absolute atomic E-state index is 12.6. The molecule has 3 aromatic carbocycles. The Kier molecular flexibility index (Phi) is 5.47. The highest BCUT2D eigenvalue weighted by Gasteiger charge is 2.15. The summed E-state index contributed by atoms with van der Waals surface area (Å²) in [4.78, 5) is 18.6. The number of hydrogen-bond acceptors (Lipinski definition) is 4. The lowest BCUT2D eigenvalue weighted by molar-refractivity contribution is -0.130. The normalized spacial score (nSPS) is 10.7. The van der Waals surface area contributed by atoms with E-state index < -0.39 is 0 Å². The molecule has 5 heteroatoms. The van der Waals surface area contributed by atoms with E-state index in [1.807, 2.05) is 72.8 Å². The van der Waals surface area contributed by atoms with E-state index in [1.165, 1.54) is 0 Å². The Hall–Kier alpha value is -3.73. The van der Waals surface area contributed by atoms with Crippen LogP contribution in [0.4, 0.5) is 0 Å². The van der Waals surface area contributed by atoms with Crippen molar-refractivity contribution in [3.63, 3.8) is 0 Å². The van der Waals surface area contributed by atoms with E-state index in [0.717, 1.165) is 22.3 Å². The largest absolute Gasteiger partial charge is 0.337 e. The first-order valence-corrected chi connectivity index (χ1v) is 9.45. The summed E-state index contributed by atoms with van der Waals surface area (Å²) < 4.78 is 5.30. The standard InChI is InChI=1S/C24H21N3O2/c1-27(17-22-25-24(26-29-22)21-10-6-3-7-11-21)23(28)16-18-12-14-20(15-13-18)19-8-4-2-5-9-19/h2-15H,16-17H2,1H3. The van der Waals surface area contributed by atoms with E-state index in [9.17, 15) is 4.79 Å². The average Bonchev–Trinajstić information content (AvgIpc) is 3.24. The molecule has 0 atom stereocenters. The van der Waals surface area contributed by atoms with Gasteiger partial charge in [-0.2, -0.15) is 4.98 Å². The van der Waals surface area contributed by atoms with E-state index in [2.05, 4.69) is 22.3 Å². The Morgan fingerprint density at radius 1 is 0.828 bits per heavy atom. The number of amides is 1. The second kappa shape index (κ2) is 8.52. The Labute approximate surface area is 169 Å². The quantitative estimate of drug-likeness (QED) is 0.488. The lowest BCUT2D eigenvalue weighted by Crippen LogP contribution is -2.27. The number of rotatable bonds is 6. The number of hydrogen-bond donors (Lipinski definition) is 0. The Morgan fingerprint density at radius 2 is 1.41 bits per heavy atom. The fourth-order valence-electron chi connectivity index (χ4n) is 3.07. The summed E-state index contributed by atoms with van der Waals surface area (Å²) in [5, 5.41) is 4.00. The minimum absolute atomic E-state index is 0.00285. The van der Waals surface area contributed by atoms with Gasteiger partial charge in [-0.05, 0) is 16.7 Å². The van der Waals surface area contributed by atoms with Crippen LogP contribution in [-0.4, -0.2) is 28.0 Å². The molecule has 4 rings (SSSR count). The van der Waals surface area contributed by atoms with Crippen molar-refractivity contribution >= 4 is 5.91 Å². The molecule has 29 heavy (non-hydrogen) atoms. The van der Waals surface area contributed by atoms with Crippen LogP contribution in [0.15, 0.2) is 89.5 Å². The smallest absolute Gasteiger partial charge is 0.246 e. The molecule has 1 heterocycles. The molecule has 0 fully saturated rings. The molecule has 0 bridgehead atoms. The van der Waals surface area contributed by atoms with Crippen molar-refractivity contribution in [2.75, 3.05) is 7.05 Å². The van der Waals surface area contributed by atoms with Crippen molar-refractivity contribution in [3.8, 4) is 22.5 Å². The lowest BCUT2D eigenvalue weighted by atomic mass is 10.0. The third kappa shape index (κ3) is 4.58. The molecule has 0 saturated carbocycles. The third-order valence-corrected chi connectivity index (χ3v) is 4.71. The minimum atomic E-state index is -0.00285. The average molecular weight is 383 g/mol. The Bertz CT molecular complexity index is 1070. The highest BCUT2D eigenvalue weighted by molar-refractivity contribution is 5.78. The van der Waals surface area contributed by atoms with Crippen LogP contribution in [0.1, 0.15) is 11.5 Å². The summed E-state index contributed by atoms with van der Waals surface area (Å²) in [5.41, 5.74) is 4.15. The fourth-order valence-corrected chi connectivity index (χ4v) is 3.07. The summed E-state index contributed by atoms with van der Waals surface area (Å²) in [6.07, 6.45) is 0.325. The first-order valence-electron chi connectivity index (χ1n) is 9.45. The van der Waals surface area contributed by atoms with Gasteiger partial charge in [-0.3, -0.25) is 4.79 Å². The molecule has 0 unspecified atom stereocenters. The molecule has 5 nitrogen and oxygen atoms in total. The summed E-state index contributed by atoms with van der Waals surface area (Å²) in [7, 11) is 1.74. The highest BCUT2D eigenvalue weighted by atomic mass is 16.5. The number of aromatic nitrogens is 2. The van der Waals surface area contributed by atoms with Crippen molar-refractivity contribution in [2.24, 2.45) is 0 Å². The second-order valence-electron chi connectivity index (χ2n) is 6.87. The monoisotopic (exact) mass is 383 g/mol. The van der Waals surface area contributed by atoms with Gasteiger partial charge in [0.2, 0.25) is 17.6 Å². The Morgan fingerprint density at radius 3 is 2.07 bits per heavy atom. The Balaban J connectivity index is 1.37. The molecule has 0 radical (unpaired) electrons. The van der Waals surface area contributed by atoms with Gasteiger partial charge in [0.15, 0.2) is 0 Å². The van der Waals surface area contributed by atoms with Gasteiger partial charge in [-0.25, -0.2) is 0 Å². The molecule has 0 spiro atoms. The zero-order valence-electron chi connectivity index (χ0n) is 16.2. The van der Waals surface area contributed by atoms with E-state index in [4.69, 9.17) is 4.52 Å². The van der Waals surface area contributed by atoms with Gasteiger partial charge in [0.05, 0.1) is 13.0 Å². The van der Waals surface area contributed by atoms with Crippen LogP contribution in [-0.2, 0) is 17.8 Å². The second-order valence-corrected chi connectivity index (χ2v) is 6.87. The highest BCUT2D eigenvalue weighted by Crippen LogP contribution is 2.20. The lowest BCUT2D eigenvalue weighted by Gasteiger charge is -2.15. The topological polar surface area (TPSA) is 59.2 Å². The van der Waals surface area contributed by atoms with Gasteiger partial charge in [-0.1, -0.05) is 90.1 Å². The van der Waals surface area contributed by atoms with Crippen LogP contribution >= 0.6 is 0 Å². The number of nitrogens with zero attached hydrogens (tertiary/aromatic N) is 3. The van der Waals surface area contributed by atoms with Gasteiger partial charge in [0, 0.05) is 12.6 Å². The number of carbonyl (C=O) groups is 1. The molecule has 0 saturated heterocycles. The number of benzene rings is 3. The SMILES string of the molecule is CN(Cc1nc(-c2ccccc2)no1)C(=O)Cc1ccc(-c2ccccc2)cc1. The van der Waals surface area contributed by atoms with E-state index in [-0.39, 0.29) is 12.5 Å². The first kappa shape index (κ1) is 18.6. The molecule has 144 valence electrons. The van der Waals surface area contributed by atoms with Crippen LogP contribution in [0, 0.1) is 0 Å². The zero-order chi connectivity index (χ0) is 20.1. The van der Waals surface area contributed by atoms with E-state index in [1.54, 1.807) is 11.9 Å². The zero-order valence-corrected chi connectivity index (χ0v) is 16.2. The summed E-state index contributed by atoms with van der Waals surface area (Å²) in [6, 6.07) is 27.9. The van der Waals surface area contributed by atoms with Gasteiger partial charge in [0.25, 0.3) is 0 Å². The molecule has 0 aliphatic heterocycles. The van der Waals surface area contributed by atoms with Gasteiger partial charge in [0.1, 0.15) is 0 Å². The molecular formula is C24H21N3O2. The molecular weight excluding hydrogens is 362 g/mol. The van der Waals surface area contributed by atoms with Crippen LogP contribution in [0.2, 0.25) is 0 Å². The summed E-state index contributed by atoms with van der Waals surface area (Å²) in [6.45, 7) is 0.279. The number of carbonyl (C=O) groups excluding carboxylic acids is 1. The predicted octanol–water partition coefficient (Wildman–Crippen LogP) is 4.60. The maximum atomic E-state index is 12.6. The molecule has 0 N–H and O–H groups in total. The van der Waals surface area contributed by atoms with Crippen LogP contribution < -0.4 is 0 Å². The predicted molar refractivity (Wildman–Crippen MR) is 112 cm³/mol. The van der Waals surface area contributed by atoms with Crippen LogP contribution in [0.3, 0.4) is 0 Å². The van der Waals surface area contributed by atoms with Crippen molar-refractivity contribution < 1.29 is 9.32 Å². The maximum Gasteiger partial charge on any atom is 0.246 e. The molecule has 1 amide bonds. The fraction of sp³-hybridized carbons (Fsp3) is 0.125. The van der Waals surface area contributed by atoms with Crippen molar-refractivity contribution in [1.29, 1.82) is 0 Å². The van der Waals surface area contributed by atoms with Gasteiger partial charge in [-0.15, -0.1) is 0 Å². The van der Waals surface area contributed by atoms with E-state index >= 15 is 0 Å². The van der Waals surface area contributed by atoms with Crippen molar-refractivity contribution in [3.05, 3.63) is 96.4 Å². The van der Waals surface area contributed by atoms with Crippen LogP contribution in [0.5, 0.6) is 0 Å². The molecule has 1 aromatic heterocycles. The van der Waals surface area contributed by atoms with Gasteiger partial charge < -0.3 is 9.42 Å². The minimum Gasteiger partial charge on any atom is -0.337 e. The molecule has 4 aromatic rings. The summed E-state index contributed by atoms with van der Waals surface area (Å²) >= 11 is 0. The first-order chi connectivity index (χ1) is 14.2. The van der Waals surface area contributed by atoms with E-state index in [0.29, 0.717) is 18.1 Å². The summed E-state index contributed by atoms with van der Waals surface area (Å²) in [5.74, 6) is 0.939. The van der Waals surface area contributed by atoms with Crippen LogP contribution in [0.25, 0.3) is 22.5 Å².